The van der Waals surface area contributed by atoms with E-state index in [1.807, 2.05) is 0 Å². The van der Waals surface area contributed by atoms with Crippen molar-refractivity contribution in [1.82, 2.24) is 20.0 Å². The van der Waals surface area contributed by atoms with E-state index in [9.17, 15) is 13.5 Å². The molecular weight excluding hydrogens is 474 g/mol. The average Bonchev–Trinajstić information content (AvgIpc) is 3.29. The second kappa shape index (κ2) is 11.0. The van der Waals surface area contributed by atoms with Gasteiger partial charge >= 0.3 is 0 Å². The Hall–Kier alpha value is -2.51. The van der Waals surface area contributed by atoms with Gasteiger partial charge in [0.1, 0.15) is 18.5 Å². The second-order valence-corrected chi connectivity index (χ2v) is 10.7. The van der Waals surface area contributed by atoms with E-state index in [0.717, 1.165) is 32.4 Å². The molecule has 1 aromatic heterocycles. The van der Waals surface area contributed by atoms with Crippen LogP contribution >= 0.6 is 0 Å². The molecule has 35 heavy (non-hydrogen) atoms. The number of ether oxygens (including phenoxy) is 3. The van der Waals surface area contributed by atoms with Gasteiger partial charge in [0.05, 0.1) is 24.2 Å². The van der Waals surface area contributed by atoms with Gasteiger partial charge in [0, 0.05) is 44.0 Å². The number of sulfonamides is 1. The summed E-state index contributed by atoms with van der Waals surface area (Å²) >= 11 is 0. The highest BCUT2D eigenvalue weighted by Crippen LogP contribution is 2.36. The summed E-state index contributed by atoms with van der Waals surface area (Å²) in [6.45, 7) is 2.59. The first kappa shape index (κ1) is 25.6. The highest BCUT2D eigenvalue weighted by Gasteiger charge is 2.43. The van der Waals surface area contributed by atoms with Crippen molar-refractivity contribution >= 4 is 16.0 Å². The summed E-state index contributed by atoms with van der Waals surface area (Å²) in [4.78, 5) is 11.0. The summed E-state index contributed by atoms with van der Waals surface area (Å²) < 4.78 is 43.2. The lowest BCUT2D eigenvalue weighted by atomic mass is 9.87. The van der Waals surface area contributed by atoms with Crippen molar-refractivity contribution in [2.24, 2.45) is 0 Å². The van der Waals surface area contributed by atoms with Gasteiger partial charge in [-0.2, -0.15) is 4.98 Å². The fourth-order valence-electron chi connectivity index (χ4n) is 4.44. The van der Waals surface area contributed by atoms with E-state index in [-0.39, 0.29) is 23.1 Å². The smallest absolute Gasteiger partial charge is 0.240 e. The van der Waals surface area contributed by atoms with Crippen LogP contribution < -0.4 is 24.4 Å². The molecule has 3 heterocycles. The van der Waals surface area contributed by atoms with Gasteiger partial charge < -0.3 is 29.5 Å². The number of methoxy groups -OCH3 is 1. The molecule has 2 aromatic rings. The number of rotatable bonds is 10. The third-order valence-electron chi connectivity index (χ3n) is 6.46. The maximum atomic E-state index is 11.9. The molecule has 0 amide bonds. The van der Waals surface area contributed by atoms with Gasteiger partial charge in [0.25, 0.3) is 0 Å². The first-order valence-electron chi connectivity index (χ1n) is 11.7. The molecule has 2 aliphatic rings. The number of aliphatic hydroxyl groups is 1. The van der Waals surface area contributed by atoms with Gasteiger partial charge in [-0.15, -0.1) is 0 Å². The predicted octanol–water partition coefficient (Wildman–Crippen LogP) is 0.551. The summed E-state index contributed by atoms with van der Waals surface area (Å²) in [5.41, 5.74) is -0.173. The Kier molecular flexibility index (Phi) is 8.07. The standard InChI is InChI=1S/C23H33N5O6S/c1-24-35(30,31)20-5-3-4-19(12-20)33-16-18(29)14-26-17-13-23(34-15-17)7-10-28(11-8-23)22-25-9-6-21(27-22)32-2/h3-6,9,12,17-18,24,26,29H,7-8,10-11,13-16H2,1-2H3. The summed E-state index contributed by atoms with van der Waals surface area (Å²) in [5.74, 6) is 1.61. The number of hydrogen-bond acceptors (Lipinski definition) is 10. The van der Waals surface area contributed by atoms with Crippen molar-refractivity contribution in [2.45, 2.75) is 41.9 Å². The predicted molar refractivity (Wildman–Crippen MR) is 129 cm³/mol. The number of nitrogens with one attached hydrogen (secondary N) is 2. The van der Waals surface area contributed by atoms with Crippen LogP contribution in [-0.2, 0) is 14.8 Å². The van der Waals surface area contributed by atoms with E-state index in [2.05, 4.69) is 24.9 Å². The zero-order valence-corrected chi connectivity index (χ0v) is 20.8. The number of aromatic nitrogens is 2. The Labute approximate surface area is 205 Å². The van der Waals surface area contributed by atoms with E-state index >= 15 is 0 Å². The maximum Gasteiger partial charge on any atom is 0.240 e. The van der Waals surface area contributed by atoms with Crippen molar-refractivity contribution in [2.75, 3.05) is 51.9 Å². The number of piperidine rings is 1. The lowest BCUT2D eigenvalue weighted by Crippen LogP contribution is -2.45. The third kappa shape index (κ3) is 6.39. The van der Waals surface area contributed by atoms with Gasteiger partial charge in [0.15, 0.2) is 0 Å². The zero-order valence-electron chi connectivity index (χ0n) is 20.0. The minimum absolute atomic E-state index is 0.0459. The summed E-state index contributed by atoms with van der Waals surface area (Å²) in [7, 11) is -0.604. The molecule has 2 unspecified atom stereocenters. The van der Waals surface area contributed by atoms with Crippen LogP contribution in [0.2, 0.25) is 0 Å². The first-order chi connectivity index (χ1) is 16.8. The number of nitrogens with zero attached hydrogens (tertiary/aromatic N) is 3. The Morgan fingerprint density at radius 1 is 1.31 bits per heavy atom. The molecule has 2 saturated heterocycles. The van der Waals surface area contributed by atoms with Gasteiger partial charge in [-0.25, -0.2) is 18.1 Å². The van der Waals surface area contributed by atoms with Crippen LogP contribution in [0.5, 0.6) is 11.6 Å². The van der Waals surface area contributed by atoms with Gasteiger partial charge in [-0.05, 0) is 38.4 Å². The Balaban J connectivity index is 1.20. The number of aliphatic hydroxyl groups excluding tert-OH is 1. The molecule has 2 atom stereocenters. The van der Waals surface area contributed by atoms with Crippen LogP contribution in [0.25, 0.3) is 0 Å². The largest absolute Gasteiger partial charge is 0.491 e. The molecule has 12 heteroatoms. The van der Waals surface area contributed by atoms with Crippen LogP contribution in [0, 0.1) is 0 Å². The topological polar surface area (TPSA) is 135 Å². The second-order valence-electron chi connectivity index (χ2n) is 8.84. The maximum absolute atomic E-state index is 11.9. The van der Waals surface area contributed by atoms with Gasteiger partial charge in [0.2, 0.25) is 21.9 Å². The highest BCUT2D eigenvalue weighted by molar-refractivity contribution is 7.89. The monoisotopic (exact) mass is 507 g/mol. The van der Waals surface area contributed by atoms with Crippen molar-refractivity contribution in [3.05, 3.63) is 36.5 Å². The van der Waals surface area contributed by atoms with E-state index < -0.39 is 16.1 Å². The van der Waals surface area contributed by atoms with E-state index in [1.165, 1.54) is 19.2 Å². The fourth-order valence-corrected chi connectivity index (χ4v) is 5.20. The van der Waals surface area contributed by atoms with E-state index in [1.54, 1.807) is 31.5 Å². The number of benzene rings is 1. The molecule has 0 bridgehead atoms. The van der Waals surface area contributed by atoms with Gasteiger partial charge in [-0.3, -0.25) is 0 Å². The van der Waals surface area contributed by atoms with Crippen molar-refractivity contribution in [3.63, 3.8) is 0 Å². The quantitative estimate of drug-likeness (QED) is 0.418. The van der Waals surface area contributed by atoms with Crippen LogP contribution in [-0.4, -0.2) is 88.2 Å². The molecule has 2 aliphatic heterocycles. The molecule has 0 saturated carbocycles. The number of anilines is 1. The molecule has 0 radical (unpaired) electrons. The highest BCUT2D eigenvalue weighted by atomic mass is 32.2. The van der Waals surface area contributed by atoms with Crippen LogP contribution in [0.3, 0.4) is 0 Å². The molecule has 2 fully saturated rings. The van der Waals surface area contributed by atoms with Crippen LogP contribution in [0.4, 0.5) is 5.95 Å². The minimum atomic E-state index is -3.55. The molecule has 11 nitrogen and oxygen atoms in total. The molecule has 192 valence electrons. The Morgan fingerprint density at radius 3 is 2.86 bits per heavy atom. The lowest BCUT2D eigenvalue weighted by molar-refractivity contribution is -0.0152. The average molecular weight is 508 g/mol. The minimum Gasteiger partial charge on any atom is -0.491 e. The molecular formula is C23H33N5O6S. The zero-order chi connectivity index (χ0) is 24.9. The Morgan fingerprint density at radius 2 is 2.11 bits per heavy atom. The van der Waals surface area contributed by atoms with Gasteiger partial charge in [-0.1, -0.05) is 6.07 Å². The van der Waals surface area contributed by atoms with E-state index in [4.69, 9.17) is 14.2 Å². The molecule has 1 aromatic carbocycles. The normalized spacial score (nSPS) is 20.7. The molecule has 4 rings (SSSR count). The van der Waals surface area contributed by atoms with Crippen LogP contribution in [0.15, 0.2) is 41.4 Å². The van der Waals surface area contributed by atoms with Crippen LogP contribution in [0.1, 0.15) is 19.3 Å². The third-order valence-corrected chi connectivity index (χ3v) is 7.87. The summed E-state index contributed by atoms with van der Waals surface area (Å²) in [6.07, 6.45) is 3.58. The van der Waals surface area contributed by atoms with Crippen molar-refractivity contribution < 1.29 is 27.7 Å². The fraction of sp³-hybridized carbons (Fsp3) is 0.565. The lowest BCUT2D eigenvalue weighted by Gasteiger charge is -2.38. The van der Waals surface area contributed by atoms with Crippen molar-refractivity contribution in [3.8, 4) is 11.6 Å². The first-order valence-corrected chi connectivity index (χ1v) is 13.1. The summed E-state index contributed by atoms with van der Waals surface area (Å²) in [6, 6.07) is 8.06. The SMILES string of the molecule is CNS(=O)(=O)c1cccc(OCC(O)CNC2COC3(CCN(c4nccc(OC)n4)CC3)C2)c1. The van der Waals surface area contributed by atoms with E-state index in [0.29, 0.717) is 30.7 Å². The Bertz CT molecular complexity index is 1090. The summed E-state index contributed by atoms with van der Waals surface area (Å²) in [5, 5.41) is 13.7. The molecule has 1 spiro atoms. The molecule has 3 N–H and O–H groups in total. The van der Waals surface area contributed by atoms with Crippen molar-refractivity contribution in [1.29, 1.82) is 0 Å². The molecule has 0 aliphatic carbocycles. The number of hydrogen-bond donors (Lipinski definition) is 3.